The first kappa shape index (κ1) is 15.2. The summed E-state index contributed by atoms with van der Waals surface area (Å²) < 4.78 is 1.97. The zero-order valence-corrected chi connectivity index (χ0v) is 14.1. The van der Waals surface area contributed by atoms with Gasteiger partial charge in [0.15, 0.2) is 5.82 Å². The minimum atomic E-state index is -0.0519. The Hall–Kier alpha value is -2.31. The summed E-state index contributed by atoms with van der Waals surface area (Å²) in [5, 5.41) is 3.49. The fraction of sp³-hybridized carbons (Fsp3) is 0.118. The number of aromatic nitrogens is 3. The van der Waals surface area contributed by atoms with Crippen LogP contribution in [0.1, 0.15) is 16.5 Å². The fourth-order valence-corrected chi connectivity index (χ4v) is 4.02. The van der Waals surface area contributed by atoms with E-state index in [4.69, 9.17) is 11.6 Å². The number of thioether (sulfide) groups is 1. The molecule has 1 N–H and O–H groups in total. The van der Waals surface area contributed by atoms with Crippen molar-refractivity contribution in [2.75, 3.05) is 11.1 Å². The molecule has 4 rings (SSSR count). The summed E-state index contributed by atoms with van der Waals surface area (Å²) >= 11 is 7.69. The van der Waals surface area contributed by atoms with E-state index < -0.39 is 0 Å². The van der Waals surface area contributed by atoms with E-state index in [0.717, 1.165) is 16.9 Å². The van der Waals surface area contributed by atoms with Crippen molar-refractivity contribution in [2.24, 2.45) is 0 Å². The van der Waals surface area contributed by atoms with E-state index in [2.05, 4.69) is 15.3 Å². The van der Waals surface area contributed by atoms with Gasteiger partial charge < -0.3 is 5.32 Å². The predicted molar refractivity (Wildman–Crippen MR) is 95.7 cm³/mol. The zero-order chi connectivity index (χ0) is 16.5. The second-order valence-corrected chi connectivity index (χ2v) is 6.88. The van der Waals surface area contributed by atoms with Gasteiger partial charge in [-0.15, -0.1) is 11.8 Å². The lowest BCUT2D eigenvalue weighted by Crippen LogP contribution is -2.12. The van der Waals surface area contributed by atoms with Gasteiger partial charge in [0.1, 0.15) is 6.33 Å². The first-order valence-electron chi connectivity index (χ1n) is 7.37. The number of halogens is 1. The van der Waals surface area contributed by atoms with Crippen molar-refractivity contribution in [2.45, 2.75) is 5.25 Å². The van der Waals surface area contributed by atoms with Gasteiger partial charge in [-0.05, 0) is 29.8 Å². The lowest BCUT2D eigenvalue weighted by molar-refractivity contribution is -0.113. The molecule has 0 radical (unpaired) electrons. The van der Waals surface area contributed by atoms with Gasteiger partial charge in [-0.3, -0.25) is 14.3 Å². The second kappa shape index (κ2) is 6.30. The van der Waals surface area contributed by atoms with Crippen LogP contribution in [0.2, 0.25) is 5.02 Å². The largest absolute Gasteiger partial charge is 0.308 e. The molecule has 1 aliphatic rings. The van der Waals surface area contributed by atoms with Crippen molar-refractivity contribution in [1.29, 1.82) is 0 Å². The zero-order valence-electron chi connectivity index (χ0n) is 12.5. The number of amides is 1. The molecule has 0 unspecified atom stereocenters. The quantitative estimate of drug-likeness (QED) is 0.760. The normalized spacial score (nSPS) is 17.0. The Kier molecular flexibility index (Phi) is 4.00. The number of anilines is 1. The molecule has 5 nitrogen and oxygen atoms in total. The van der Waals surface area contributed by atoms with Crippen LogP contribution in [-0.2, 0) is 4.79 Å². The number of nitrogens with one attached hydrogen (secondary N) is 1. The molecule has 0 spiro atoms. The third-order valence-corrected chi connectivity index (χ3v) is 5.26. The molecule has 0 saturated carbocycles. The van der Waals surface area contributed by atoms with Crippen molar-refractivity contribution < 1.29 is 4.79 Å². The molecule has 0 fully saturated rings. The summed E-state index contributed by atoms with van der Waals surface area (Å²) in [5.41, 5.74) is 2.85. The van der Waals surface area contributed by atoms with Crippen LogP contribution in [0.15, 0.2) is 55.1 Å². The third-order valence-electron chi connectivity index (χ3n) is 3.77. The SMILES string of the molecule is O=C1CS[C@H](c2cccnc2)c2c(ncn2-c2cccc(Cl)c2)N1. The molecule has 7 heteroatoms. The molecule has 0 saturated heterocycles. The van der Waals surface area contributed by atoms with Crippen LogP contribution in [-0.4, -0.2) is 26.2 Å². The lowest BCUT2D eigenvalue weighted by atomic mass is 10.1. The standard InChI is InChI=1S/C17H13ClN4OS/c18-12-4-1-5-13(7-12)22-10-20-17-15(22)16(24-9-14(23)21-17)11-3-2-6-19-8-11/h1-8,10,16H,9H2,(H,21,23)/t16-/m1/s1. The summed E-state index contributed by atoms with van der Waals surface area (Å²) in [7, 11) is 0. The number of hydrogen-bond donors (Lipinski definition) is 1. The van der Waals surface area contributed by atoms with Crippen LogP contribution in [0.5, 0.6) is 0 Å². The maximum atomic E-state index is 12.0. The van der Waals surface area contributed by atoms with Gasteiger partial charge in [-0.1, -0.05) is 23.7 Å². The minimum Gasteiger partial charge on any atom is -0.308 e. The highest BCUT2D eigenvalue weighted by Gasteiger charge is 2.29. The summed E-state index contributed by atoms with van der Waals surface area (Å²) in [6.07, 6.45) is 5.28. The molecule has 3 aromatic rings. The van der Waals surface area contributed by atoms with Crippen LogP contribution in [0.4, 0.5) is 5.82 Å². The van der Waals surface area contributed by atoms with Gasteiger partial charge in [0.25, 0.3) is 0 Å². The van der Waals surface area contributed by atoms with Gasteiger partial charge in [0, 0.05) is 23.1 Å². The third kappa shape index (κ3) is 2.79. The number of carbonyl (C=O) groups is 1. The van der Waals surface area contributed by atoms with Crippen LogP contribution in [0.3, 0.4) is 0 Å². The Morgan fingerprint density at radius 2 is 2.21 bits per heavy atom. The molecule has 0 bridgehead atoms. The molecule has 0 aliphatic carbocycles. The number of nitrogens with zero attached hydrogens (tertiary/aromatic N) is 3. The number of fused-ring (bicyclic) bond motifs is 1. The molecule has 2 aromatic heterocycles. The van der Waals surface area contributed by atoms with E-state index in [1.54, 1.807) is 24.3 Å². The van der Waals surface area contributed by atoms with Crippen molar-refractivity contribution >= 4 is 35.1 Å². The molecule has 1 aliphatic heterocycles. The Morgan fingerprint density at radius 1 is 1.29 bits per heavy atom. The van der Waals surface area contributed by atoms with Crippen molar-refractivity contribution in [3.63, 3.8) is 0 Å². The van der Waals surface area contributed by atoms with Crippen LogP contribution in [0.25, 0.3) is 5.69 Å². The molecule has 24 heavy (non-hydrogen) atoms. The Morgan fingerprint density at radius 3 is 3.00 bits per heavy atom. The van der Waals surface area contributed by atoms with E-state index >= 15 is 0 Å². The van der Waals surface area contributed by atoms with E-state index in [1.165, 1.54) is 0 Å². The molecule has 1 amide bonds. The number of hydrogen-bond acceptors (Lipinski definition) is 4. The fourth-order valence-electron chi connectivity index (χ4n) is 2.73. The van der Waals surface area contributed by atoms with E-state index in [9.17, 15) is 4.79 Å². The highest BCUT2D eigenvalue weighted by atomic mass is 35.5. The minimum absolute atomic E-state index is 0.0471. The molecule has 1 aromatic carbocycles. The first-order valence-corrected chi connectivity index (χ1v) is 8.79. The highest BCUT2D eigenvalue weighted by Crippen LogP contribution is 2.41. The van der Waals surface area contributed by atoms with Gasteiger partial charge in [0.05, 0.1) is 16.7 Å². The average Bonchev–Trinajstić information content (AvgIpc) is 2.92. The van der Waals surface area contributed by atoms with E-state index in [1.807, 2.05) is 47.2 Å². The summed E-state index contributed by atoms with van der Waals surface area (Å²) in [5.74, 6) is 0.897. The topological polar surface area (TPSA) is 59.8 Å². The number of imidazole rings is 1. The average molecular weight is 357 g/mol. The molecule has 3 heterocycles. The predicted octanol–water partition coefficient (Wildman–Crippen LogP) is 3.70. The van der Waals surface area contributed by atoms with Gasteiger partial charge in [0.2, 0.25) is 5.91 Å². The summed E-state index contributed by atoms with van der Waals surface area (Å²) in [4.78, 5) is 20.6. The summed E-state index contributed by atoms with van der Waals surface area (Å²) in [6, 6.07) is 11.5. The highest BCUT2D eigenvalue weighted by molar-refractivity contribution is 8.00. The smallest absolute Gasteiger partial charge is 0.235 e. The number of rotatable bonds is 2. The number of benzene rings is 1. The van der Waals surface area contributed by atoms with Gasteiger partial charge in [-0.25, -0.2) is 4.98 Å². The molecule has 120 valence electrons. The van der Waals surface area contributed by atoms with Crippen LogP contribution in [0, 0.1) is 0 Å². The van der Waals surface area contributed by atoms with Crippen LogP contribution < -0.4 is 5.32 Å². The first-order chi connectivity index (χ1) is 11.7. The number of pyridine rings is 1. The van der Waals surface area contributed by atoms with Gasteiger partial charge >= 0.3 is 0 Å². The monoisotopic (exact) mass is 356 g/mol. The molecule has 1 atom stereocenters. The van der Waals surface area contributed by atoms with Crippen molar-refractivity contribution in [1.82, 2.24) is 14.5 Å². The Bertz CT molecular complexity index is 897. The summed E-state index contributed by atoms with van der Waals surface area (Å²) in [6.45, 7) is 0. The lowest BCUT2D eigenvalue weighted by Gasteiger charge is -2.17. The maximum absolute atomic E-state index is 12.0. The van der Waals surface area contributed by atoms with Crippen LogP contribution >= 0.6 is 23.4 Å². The van der Waals surface area contributed by atoms with E-state index in [0.29, 0.717) is 16.6 Å². The van der Waals surface area contributed by atoms with Gasteiger partial charge in [-0.2, -0.15) is 0 Å². The Labute approximate surface area is 148 Å². The number of carbonyl (C=O) groups excluding carboxylic acids is 1. The van der Waals surface area contributed by atoms with E-state index in [-0.39, 0.29) is 11.2 Å². The molecular weight excluding hydrogens is 344 g/mol. The maximum Gasteiger partial charge on any atom is 0.235 e. The Balaban J connectivity index is 1.89. The van der Waals surface area contributed by atoms with Crippen molar-refractivity contribution in [3.8, 4) is 5.69 Å². The second-order valence-electron chi connectivity index (χ2n) is 5.35. The van der Waals surface area contributed by atoms with Crippen molar-refractivity contribution in [3.05, 3.63) is 71.4 Å². The molecular formula is C17H13ClN4OS.